The van der Waals surface area contributed by atoms with Crippen molar-refractivity contribution in [3.8, 4) is 0 Å². The van der Waals surface area contributed by atoms with Gasteiger partial charge >= 0.3 is 0 Å². The van der Waals surface area contributed by atoms with E-state index in [2.05, 4.69) is 32.2 Å². The average molecular weight is 291 g/mol. The van der Waals surface area contributed by atoms with Crippen LogP contribution in [0.3, 0.4) is 0 Å². The minimum atomic E-state index is -2.38. The van der Waals surface area contributed by atoms with Crippen molar-refractivity contribution in [3.05, 3.63) is 21.4 Å². The summed E-state index contributed by atoms with van der Waals surface area (Å²) in [4.78, 5) is 2.57. The first kappa shape index (κ1) is 16.5. The van der Waals surface area contributed by atoms with E-state index in [1.54, 1.807) is 11.3 Å². The zero-order valence-corrected chi connectivity index (χ0v) is 12.7. The van der Waals surface area contributed by atoms with E-state index >= 15 is 0 Å². The molecule has 0 aromatic carbocycles. The molecule has 1 unspecified atom stereocenters. The Balaban J connectivity index is 2.54. The fourth-order valence-electron chi connectivity index (χ4n) is 2.06. The van der Waals surface area contributed by atoms with Gasteiger partial charge in [0.05, 0.1) is 0 Å². The van der Waals surface area contributed by atoms with E-state index in [0.717, 1.165) is 19.4 Å². The molecule has 0 aliphatic heterocycles. The predicted octanol–water partition coefficient (Wildman–Crippen LogP) is 4.08. The van der Waals surface area contributed by atoms with Gasteiger partial charge in [0.2, 0.25) is 0 Å². The van der Waals surface area contributed by atoms with Crippen LogP contribution in [0.2, 0.25) is 0 Å². The van der Waals surface area contributed by atoms with Gasteiger partial charge in [-0.3, -0.25) is 0 Å². The van der Waals surface area contributed by atoms with Crippen molar-refractivity contribution in [3.63, 3.8) is 0 Å². The summed E-state index contributed by atoms with van der Waals surface area (Å²) in [5, 5.41) is 3.47. The summed E-state index contributed by atoms with van der Waals surface area (Å²) in [5.41, 5.74) is 1.27. The predicted molar refractivity (Wildman–Crippen MR) is 76.3 cm³/mol. The van der Waals surface area contributed by atoms with Gasteiger partial charge in [-0.05, 0) is 44.9 Å². The lowest BCUT2D eigenvalue weighted by atomic mass is 10.0. The third kappa shape index (κ3) is 5.97. The summed E-state index contributed by atoms with van der Waals surface area (Å²) in [6, 6.07) is 2.38. The molecule has 0 spiro atoms. The van der Waals surface area contributed by atoms with Gasteiger partial charge in [-0.2, -0.15) is 0 Å². The third-order valence-corrected chi connectivity index (χ3v) is 3.87. The maximum atomic E-state index is 12.0. The highest BCUT2D eigenvalue weighted by molar-refractivity contribution is 7.12. The number of halogens is 2. The van der Waals surface area contributed by atoms with Gasteiger partial charge in [-0.25, -0.2) is 8.78 Å². The number of nitrogens with one attached hydrogen (secondary N) is 1. The Labute approximate surface area is 118 Å². The Kier molecular flexibility index (Phi) is 7.49. The molecule has 0 saturated carbocycles. The van der Waals surface area contributed by atoms with Crippen LogP contribution in [0.25, 0.3) is 0 Å². The number of rotatable bonds is 9. The van der Waals surface area contributed by atoms with Crippen molar-refractivity contribution in [2.75, 3.05) is 19.8 Å². The van der Waals surface area contributed by atoms with E-state index in [-0.39, 0.29) is 6.04 Å². The molecule has 0 bridgehead atoms. The summed E-state index contributed by atoms with van der Waals surface area (Å²) in [6.45, 7) is 7.12. The smallest absolute Gasteiger partial charge is 0.261 e. The molecule has 0 saturated heterocycles. The molecule has 0 amide bonds. The molecule has 110 valence electrons. The van der Waals surface area contributed by atoms with Crippen LogP contribution in [-0.4, -0.2) is 26.2 Å². The van der Waals surface area contributed by atoms with Crippen molar-refractivity contribution < 1.29 is 13.5 Å². The summed E-state index contributed by atoms with van der Waals surface area (Å²) in [6.07, 6.45) is -0.604. The second-order valence-electron chi connectivity index (χ2n) is 4.63. The van der Waals surface area contributed by atoms with Crippen LogP contribution in [0.4, 0.5) is 8.78 Å². The largest absolute Gasteiger partial charge is 0.375 e. The number of aryl methyl sites for hydroxylation is 2. The number of ether oxygens (including phenoxy) is 1. The molecule has 1 atom stereocenters. The lowest BCUT2D eigenvalue weighted by Crippen LogP contribution is -2.24. The Morgan fingerprint density at radius 3 is 2.63 bits per heavy atom. The topological polar surface area (TPSA) is 21.3 Å². The number of hydrogen-bond acceptors (Lipinski definition) is 3. The van der Waals surface area contributed by atoms with Gasteiger partial charge in [0.15, 0.2) is 0 Å². The molecule has 1 aromatic rings. The fourth-order valence-corrected chi connectivity index (χ4v) is 3.04. The molecule has 1 N–H and O–H groups in total. The zero-order valence-electron chi connectivity index (χ0n) is 11.8. The molecule has 1 aromatic heterocycles. The summed E-state index contributed by atoms with van der Waals surface area (Å²) in [5.74, 6) is 0. The maximum Gasteiger partial charge on any atom is 0.261 e. The van der Waals surface area contributed by atoms with E-state index in [1.807, 2.05) is 0 Å². The van der Waals surface area contributed by atoms with Crippen molar-refractivity contribution >= 4 is 11.3 Å². The van der Waals surface area contributed by atoms with Crippen molar-refractivity contribution in [2.45, 2.75) is 46.1 Å². The van der Waals surface area contributed by atoms with Gasteiger partial charge in [-0.15, -0.1) is 11.3 Å². The molecular weight excluding hydrogens is 268 g/mol. The van der Waals surface area contributed by atoms with Crippen LogP contribution in [0.15, 0.2) is 6.07 Å². The lowest BCUT2D eigenvalue weighted by molar-refractivity contribution is 0.0143. The third-order valence-electron chi connectivity index (χ3n) is 2.89. The molecule has 2 nitrogen and oxygen atoms in total. The second-order valence-corrected chi connectivity index (χ2v) is 6.09. The highest BCUT2D eigenvalue weighted by atomic mass is 32.1. The average Bonchev–Trinajstić information content (AvgIpc) is 2.67. The van der Waals surface area contributed by atoms with Gasteiger partial charge in [0.1, 0.15) is 6.61 Å². The van der Waals surface area contributed by atoms with Gasteiger partial charge in [0, 0.05) is 22.4 Å². The first-order chi connectivity index (χ1) is 9.04. The Bertz CT molecular complexity index is 368. The highest BCUT2D eigenvalue weighted by Crippen LogP contribution is 2.28. The van der Waals surface area contributed by atoms with E-state index in [9.17, 15) is 8.78 Å². The summed E-state index contributed by atoms with van der Waals surface area (Å²) >= 11 is 1.77. The van der Waals surface area contributed by atoms with Crippen LogP contribution in [-0.2, 0) is 4.74 Å². The normalized spacial score (nSPS) is 13.2. The fraction of sp³-hybridized carbons (Fsp3) is 0.714. The SMILES string of the molecule is CCCNC(CCOCC(F)F)c1cc(C)sc1C. The standard InChI is InChI=1S/C14H23F2NOS/c1-4-6-17-13(5-7-18-9-14(15)16)12-8-10(2)19-11(12)3/h8,13-14,17H,4-7,9H2,1-3H3. The monoisotopic (exact) mass is 291 g/mol. The zero-order chi connectivity index (χ0) is 14.3. The van der Waals surface area contributed by atoms with Crippen molar-refractivity contribution in [2.24, 2.45) is 0 Å². The number of hydrogen-bond donors (Lipinski definition) is 1. The molecule has 1 heterocycles. The Morgan fingerprint density at radius 2 is 2.11 bits per heavy atom. The molecular formula is C14H23F2NOS. The molecule has 5 heteroatoms. The minimum absolute atomic E-state index is 0.197. The molecule has 0 fully saturated rings. The highest BCUT2D eigenvalue weighted by Gasteiger charge is 2.15. The molecule has 0 aliphatic carbocycles. The van der Waals surface area contributed by atoms with Crippen LogP contribution in [0, 0.1) is 13.8 Å². The summed E-state index contributed by atoms with van der Waals surface area (Å²) < 4.78 is 29.0. The van der Waals surface area contributed by atoms with Crippen LogP contribution < -0.4 is 5.32 Å². The van der Waals surface area contributed by atoms with Crippen LogP contribution in [0.1, 0.15) is 41.1 Å². The van der Waals surface area contributed by atoms with Gasteiger partial charge in [0.25, 0.3) is 6.43 Å². The second kappa shape index (κ2) is 8.61. The van der Waals surface area contributed by atoms with E-state index in [0.29, 0.717) is 6.61 Å². The number of alkyl halides is 2. The van der Waals surface area contributed by atoms with Crippen LogP contribution in [0.5, 0.6) is 0 Å². The number of thiophene rings is 1. The Hall–Kier alpha value is -0.520. The van der Waals surface area contributed by atoms with E-state index < -0.39 is 13.0 Å². The first-order valence-corrected chi connectivity index (χ1v) is 7.52. The van der Waals surface area contributed by atoms with E-state index in [4.69, 9.17) is 4.74 Å². The quantitative estimate of drug-likeness (QED) is 0.692. The lowest BCUT2D eigenvalue weighted by Gasteiger charge is -2.18. The molecule has 0 aliphatic rings. The minimum Gasteiger partial charge on any atom is -0.375 e. The van der Waals surface area contributed by atoms with Gasteiger partial charge in [-0.1, -0.05) is 6.92 Å². The van der Waals surface area contributed by atoms with E-state index in [1.165, 1.54) is 15.3 Å². The van der Waals surface area contributed by atoms with Crippen LogP contribution >= 0.6 is 11.3 Å². The Morgan fingerprint density at radius 1 is 1.37 bits per heavy atom. The van der Waals surface area contributed by atoms with Crippen molar-refractivity contribution in [1.82, 2.24) is 5.32 Å². The molecule has 19 heavy (non-hydrogen) atoms. The molecule has 0 radical (unpaired) electrons. The summed E-state index contributed by atoms with van der Waals surface area (Å²) in [7, 11) is 0. The maximum absolute atomic E-state index is 12.0. The first-order valence-electron chi connectivity index (χ1n) is 6.70. The van der Waals surface area contributed by atoms with Gasteiger partial charge < -0.3 is 10.1 Å². The molecule has 1 rings (SSSR count). The van der Waals surface area contributed by atoms with Crippen molar-refractivity contribution in [1.29, 1.82) is 0 Å².